The summed E-state index contributed by atoms with van der Waals surface area (Å²) in [5.41, 5.74) is 3.04. The van der Waals surface area contributed by atoms with Crippen LogP contribution in [-0.4, -0.2) is 39.6 Å². The van der Waals surface area contributed by atoms with E-state index in [1.54, 1.807) is 15.6 Å². The first-order valence-corrected chi connectivity index (χ1v) is 13.0. The molecule has 0 saturated carbocycles. The summed E-state index contributed by atoms with van der Waals surface area (Å²) in [6.45, 7) is 10.9. The predicted octanol–water partition coefficient (Wildman–Crippen LogP) is 6.66. The molecule has 6 nitrogen and oxygen atoms in total. The van der Waals surface area contributed by atoms with Gasteiger partial charge in [0.2, 0.25) is 5.91 Å². The van der Waals surface area contributed by atoms with Crippen molar-refractivity contribution in [1.82, 2.24) is 14.7 Å². The second kappa shape index (κ2) is 12.2. The number of aromatic nitrogens is 2. The van der Waals surface area contributed by atoms with Gasteiger partial charge in [0.25, 0.3) is 5.91 Å². The van der Waals surface area contributed by atoms with Gasteiger partial charge in [-0.2, -0.15) is 5.10 Å². The predicted molar refractivity (Wildman–Crippen MR) is 147 cm³/mol. The molecule has 192 valence electrons. The van der Waals surface area contributed by atoms with Crippen LogP contribution < -0.4 is 5.32 Å². The molecule has 0 fully saturated rings. The number of nitrogens with one attached hydrogen (secondary N) is 1. The summed E-state index contributed by atoms with van der Waals surface area (Å²) in [6, 6.07) is 16.9. The Morgan fingerprint density at radius 3 is 2.33 bits per heavy atom. The van der Waals surface area contributed by atoms with E-state index < -0.39 is 0 Å². The average Bonchev–Trinajstić information content (AvgIpc) is 3.27. The van der Waals surface area contributed by atoms with Crippen LogP contribution in [0.3, 0.4) is 0 Å². The number of anilines is 1. The van der Waals surface area contributed by atoms with Gasteiger partial charge in [-0.05, 0) is 42.7 Å². The molecule has 3 aromatic rings. The van der Waals surface area contributed by atoms with Crippen LogP contribution in [0.4, 0.5) is 5.82 Å². The molecule has 1 aromatic heterocycles. The van der Waals surface area contributed by atoms with Gasteiger partial charge < -0.3 is 10.2 Å². The highest BCUT2D eigenvalue weighted by atomic mass is 35.5. The van der Waals surface area contributed by atoms with E-state index in [2.05, 4.69) is 39.9 Å². The summed E-state index contributed by atoms with van der Waals surface area (Å²) in [4.78, 5) is 28.2. The number of benzene rings is 2. The van der Waals surface area contributed by atoms with Gasteiger partial charge in [-0.25, -0.2) is 4.68 Å². The summed E-state index contributed by atoms with van der Waals surface area (Å²) < 4.78 is 1.66. The number of unbranched alkanes of at least 4 members (excludes halogenated alkanes) is 2. The summed E-state index contributed by atoms with van der Waals surface area (Å²) in [5, 5.41) is 8.26. The van der Waals surface area contributed by atoms with E-state index in [1.807, 2.05) is 48.5 Å². The number of hydrogen-bond donors (Lipinski definition) is 1. The lowest BCUT2D eigenvalue weighted by Crippen LogP contribution is -2.39. The molecule has 0 unspecified atom stereocenters. The maximum Gasteiger partial charge on any atom is 0.254 e. The van der Waals surface area contributed by atoms with E-state index in [0.29, 0.717) is 28.6 Å². The van der Waals surface area contributed by atoms with Crippen LogP contribution in [0, 0.1) is 0 Å². The van der Waals surface area contributed by atoms with Crippen molar-refractivity contribution in [2.75, 3.05) is 18.4 Å². The quantitative estimate of drug-likeness (QED) is 0.311. The Morgan fingerprint density at radius 1 is 1.03 bits per heavy atom. The number of carbonyl (C=O) groups excluding carboxylic acids is 2. The van der Waals surface area contributed by atoms with Crippen molar-refractivity contribution in [3.05, 3.63) is 76.4 Å². The molecule has 3 rings (SSSR count). The van der Waals surface area contributed by atoms with Crippen molar-refractivity contribution in [3.63, 3.8) is 0 Å². The van der Waals surface area contributed by atoms with Gasteiger partial charge in [-0.1, -0.05) is 83.3 Å². The number of halogens is 1. The molecule has 7 heteroatoms. The van der Waals surface area contributed by atoms with Gasteiger partial charge in [0.1, 0.15) is 12.4 Å². The minimum absolute atomic E-state index is 0.0450. The highest BCUT2D eigenvalue weighted by Gasteiger charge is 2.24. The number of rotatable bonds is 10. The fraction of sp³-hybridized carbons (Fsp3) is 0.414. The van der Waals surface area contributed by atoms with Crippen LogP contribution in [0.25, 0.3) is 5.69 Å². The molecule has 0 spiro atoms. The Balaban J connectivity index is 1.85. The molecule has 0 aliphatic rings. The molecule has 36 heavy (non-hydrogen) atoms. The zero-order chi connectivity index (χ0) is 26.3. The third-order valence-corrected chi connectivity index (χ3v) is 6.41. The Hall–Kier alpha value is -3.12. The fourth-order valence-electron chi connectivity index (χ4n) is 3.87. The number of carbonyl (C=O) groups is 2. The minimum atomic E-state index is -0.279. The van der Waals surface area contributed by atoms with Crippen LogP contribution in [-0.2, 0) is 16.6 Å². The van der Waals surface area contributed by atoms with Crippen LogP contribution in [0.1, 0.15) is 75.5 Å². The molecule has 1 N–H and O–H groups in total. The fourth-order valence-corrected chi connectivity index (χ4v) is 4.09. The first-order chi connectivity index (χ1) is 17.1. The summed E-state index contributed by atoms with van der Waals surface area (Å²) >= 11 is 6.45. The van der Waals surface area contributed by atoms with Crippen LogP contribution >= 0.6 is 11.6 Å². The van der Waals surface area contributed by atoms with Gasteiger partial charge >= 0.3 is 0 Å². The number of amides is 2. The first-order valence-electron chi connectivity index (χ1n) is 12.7. The van der Waals surface area contributed by atoms with Crippen molar-refractivity contribution >= 4 is 29.2 Å². The van der Waals surface area contributed by atoms with Crippen molar-refractivity contribution in [2.24, 2.45) is 0 Å². The number of nitrogens with zero attached hydrogens (tertiary/aromatic N) is 3. The van der Waals surface area contributed by atoms with Crippen LogP contribution in [0.2, 0.25) is 5.02 Å². The van der Waals surface area contributed by atoms with Crippen molar-refractivity contribution in [3.8, 4) is 5.69 Å². The molecule has 1 heterocycles. The molecular formula is C29H37ClN4O2. The molecule has 0 saturated heterocycles. The third kappa shape index (κ3) is 6.97. The molecule has 2 amide bonds. The molecule has 0 aliphatic heterocycles. The van der Waals surface area contributed by atoms with Crippen LogP contribution in [0.15, 0.2) is 54.6 Å². The Kier molecular flexibility index (Phi) is 9.32. The number of para-hydroxylation sites is 1. The maximum atomic E-state index is 13.3. The van der Waals surface area contributed by atoms with Gasteiger partial charge in [0.15, 0.2) is 0 Å². The normalized spacial score (nSPS) is 11.4. The molecule has 0 atom stereocenters. The van der Waals surface area contributed by atoms with Crippen molar-refractivity contribution in [2.45, 2.75) is 65.7 Å². The lowest BCUT2D eigenvalue weighted by molar-refractivity contribution is -0.117. The summed E-state index contributed by atoms with van der Waals surface area (Å²) in [5.74, 6) is 0.101. The Morgan fingerprint density at radius 2 is 1.72 bits per heavy atom. The van der Waals surface area contributed by atoms with E-state index in [1.165, 1.54) is 5.56 Å². The maximum absolute atomic E-state index is 13.3. The topological polar surface area (TPSA) is 67.2 Å². The van der Waals surface area contributed by atoms with Crippen molar-refractivity contribution < 1.29 is 9.59 Å². The van der Waals surface area contributed by atoms with Crippen LogP contribution in [0.5, 0.6) is 0 Å². The van der Waals surface area contributed by atoms with E-state index in [9.17, 15) is 9.59 Å². The standard InChI is InChI=1S/C29H37ClN4O2/c1-6-8-11-18-33(28(36)22-16-14-21(7-2)15-17-22)20-27(35)31-26-19-25(29(3,4)5)32-34(26)24-13-10-9-12-23(24)30/h9-10,12-17,19H,6-8,11,18,20H2,1-5H3,(H,31,35). The molecule has 0 aliphatic carbocycles. The SMILES string of the molecule is CCCCCN(CC(=O)Nc1cc(C(C)(C)C)nn1-c1ccccc1Cl)C(=O)c1ccc(CC)cc1. The lowest BCUT2D eigenvalue weighted by Gasteiger charge is -2.22. The molecule has 0 bridgehead atoms. The molecular weight excluding hydrogens is 472 g/mol. The van der Waals surface area contributed by atoms with E-state index in [4.69, 9.17) is 16.7 Å². The molecule has 2 aromatic carbocycles. The summed E-state index contributed by atoms with van der Waals surface area (Å²) in [7, 11) is 0. The Bertz CT molecular complexity index is 1180. The second-order valence-corrected chi connectivity index (χ2v) is 10.5. The van der Waals surface area contributed by atoms with Crippen molar-refractivity contribution in [1.29, 1.82) is 0 Å². The zero-order valence-corrected chi connectivity index (χ0v) is 22.7. The monoisotopic (exact) mass is 508 g/mol. The van der Waals surface area contributed by atoms with Gasteiger partial charge in [0, 0.05) is 23.6 Å². The zero-order valence-electron chi connectivity index (χ0n) is 22.0. The highest BCUT2D eigenvalue weighted by Crippen LogP contribution is 2.29. The summed E-state index contributed by atoms with van der Waals surface area (Å²) in [6.07, 6.45) is 3.78. The largest absolute Gasteiger partial charge is 0.329 e. The van der Waals surface area contributed by atoms with Gasteiger partial charge in [0.05, 0.1) is 16.4 Å². The third-order valence-electron chi connectivity index (χ3n) is 6.09. The number of aryl methyl sites for hydroxylation is 1. The smallest absolute Gasteiger partial charge is 0.254 e. The van der Waals surface area contributed by atoms with Gasteiger partial charge in [-0.3, -0.25) is 9.59 Å². The average molecular weight is 509 g/mol. The molecule has 0 radical (unpaired) electrons. The first kappa shape index (κ1) is 27.5. The van der Waals surface area contributed by atoms with Gasteiger partial charge in [-0.15, -0.1) is 0 Å². The van der Waals surface area contributed by atoms with E-state index in [-0.39, 0.29) is 23.8 Å². The lowest BCUT2D eigenvalue weighted by atomic mass is 9.92. The highest BCUT2D eigenvalue weighted by molar-refractivity contribution is 6.32. The second-order valence-electron chi connectivity index (χ2n) is 10.1. The van der Waals surface area contributed by atoms with E-state index in [0.717, 1.165) is 31.4 Å². The van der Waals surface area contributed by atoms with E-state index >= 15 is 0 Å². The Labute approximate surface area is 219 Å². The number of hydrogen-bond acceptors (Lipinski definition) is 3. The minimum Gasteiger partial charge on any atom is -0.329 e.